The van der Waals surface area contributed by atoms with Crippen molar-refractivity contribution < 1.29 is 8.42 Å². The number of aromatic nitrogens is 1. The molecule has 2 rings (SSSR count). The molecule has 1 saturated heterocycles. The summed E-state index contributed by atoms with van der Waals surface area (Å²) in [6, 6.07) is 4.99. The van der Waals surface area contributed by atoms with E-state index in [1.54, 1.807) is 24.4 Å². The Morgan fingerprint density at radius 3 is 2.94 bits per heavy atom. The molecule has 18 heavy (non-hydrogen) atoms. The molecule has 6 nitrogen and oxygen atoms in total. The second kappa shape index (κ2) is 5.64. The van der Waals surface area contributed by atoms with Gasteiger partial charge < -0.3 is 5.73 Å². The first kappa shape index (κ1) is 13.3. The lowest BCUT2D eigenvalue weighted by atomic mass is 10.1. The van der Waals surface area contributed by atoms with Crippen LogP contribution in [-0.4, -0.2) is 36.8 Å². The summed E-state index contributed by atoms with van der Waals surface area (Å²) < 4.78 is 28.4. The van der Waals surface area contributed by atoms with Crippen molar-refractivity contribution in [3.63, 3.8) is 0 Å². The van der Waals surface area contributed by atoms with E-state index in [2.05, 4.69) is 9.71 Å². The van der Waals surface area contributed by atoms with Gasteiger partial charge in [-0.15, -0.1) is 0 Å². The zero-order valence-corrected chi connectivity index (χ0v) is 10.9. The zero-order chi connectivity index (χ0) is 13.0. The first-order valence-corrected chi connectivity index (χ1v) is 7.48. The minimum atomic E-state index is -3.56. The minimum absolute atomic E-state index is 0.111. The monoisotopic (exact) mass is 270 g/mol. The maximum Gasteiger partial charge on any atom is 0.303 e. The molecule has 1 fully saturated rings. The quantitative estimate of drug-likeness (QED) is 0.836. The Morgan fingerprint density at radius 1 is 1.44 bits per heavy atom. The molecule has 1 aromatic rings. The molecule has 0 bridgehead atoms. The van der Waals surface area contributed by atoms with Crippen LogP contribution in [0, 0.1) is 0 Å². The average molecular weight is 270 g/mol. The Balaban J connectivity index is 2.14. The molecule has 1 unspecified atom stereocenters. The van der Waals surface area contributed by atoms with Crippen LogP contribution in [0.2, 0.25) is 0 Å². The fourth-order valence-electron chi connectivity index (χ4n) is 2.14. The fraction of sp³-hybridized carbons (Fsp3) is 0.545. The SMILES string of the molecule is NCC1CCCCN1S(=O)(=O)Nc1ccccn1. The maximum absolute atomic E-state index is 12.2. The molecule has 1 aromatic heterocycles. The van der Waals surface area contributed by atoms with Gasteiger partial charge >= 0.3 is 10.2 Å². The summed E-state index contributed by atoms with van der Waals surface area (Å²) in [7, 11) is -3.56. The Kier molecular flexibility index (Phi) is 4.15. The number of anilines is 1. The van der Waals surface area contributed by atoms with Crippen molar-refractivity contribution in [2.75, 3.05) is 17.8 Å². The highest BCUT2D eigenvalue weighted by molar-refractivity contribution is 7.90. The molecule has 0 spiro atoms. The lowest BCUT2D eigenvalue weighted by molar-refractivity contribution is 0.259. The third kappa shape index (κ3) is 2.98. The predicted octanol–water partition coefficient (Wildman–Crippen LogP) is 0.551. The second-order valence-electron chi connectivity index (χ2n) is 4.32. The van der Waals surface area contributed by atoms with Gasteiger partial charge in [0, 0.05) is 25.3 Å². The first-order valence-electron chi connectivity index (χ1n) is 6.04. The Morgan fingerprint density at radius 2 is 2.28 bits per heavy atom. The molecule has 100 valence electrons. The summed E-state index contributed by atoms with van der Waals surface area (Å²) in [6.45, 7) is 0.868. The normalized spacial score (nSPS) is 21.7. The minimum Gasteiger partial charge on any atom is -0.329 e. The van der Waals surface area contributed by atoms with Gasteiger partial charge in [0.2, 0.25) is 0 Å². The van der Waals surface area contributed by atoms with E-state index in [-0.39, 0.29) is 6.04 Å². The Bertz CT molecular complexity index is 477. The van der Waals surface area contributed by atoms with Gasteiger partial charge in [0.25, 0.3) is 0 Å². The molecule has 1 atom stereocenters. The van der Waals surface area contributed by atoms with E-state index in [4.69, 9.17) is 5.73 Å². The largest absolute Gasteiger partial charge is 0.329 e. The fourth-order valence-corrected chi connectivity index (χ4v) is 3.60. The van der Waals surface area contributed by atoms with E-state index in [0.717, 1.165) is 19.3 Å². The molecule has 0 aromatic carbocycles. The van der Waals surface area contributed by atoms with Gasteiger partial charge in [-0.3, -0.25) is 4.72 Å². The van der Waals surface area contributed by atoms with E-state index in [1.165, 1.54) is 4.31 Å². The van der Waals surface area contributed by atoms with E-state index < -0.39 is 10.2 Å². The average Bonchev–Trinajstić information content (AvgIpc) is 2.39. The topological polar surface area (TPSA) is 88.3 Å². The van der Waals surface area contributed by atoms with Crippen LogP contribution in [0.1, 0.15) is 19.3 Å². The van der Waals surface area contributed by atoms with Crippen LogP contribution in [-0.2, 0) is 10.2 Å². The lowest BCUT2D eigenvalue weighted by Crippen LogP contribution is -2.49. The number of nitrogens with one attached hydrogen (secondary N) is 1. The van der Waals surface area contributed by atoms with Crippen LogP contribution < -0.4 is 10.5 Å². The molecule has 2 heterocycles. The first-order chi connectivity index (χ1) is 8.63. The number of rotatable bonds is 4. The van der Waals surface area contributed by atoms with Crippen LogP contribution in [0.5, 0.6) is 0 Å². The van der Waals surface area contributed by atoms with Crippen LogP contribution in [0.25, 0.3) is 0 Å². The third-order valence-corrected chi connectivity index (χ3v) is 4.62. The molecule has 0 saturated carbocycles. The van der Waals surface area contributed by atoms with Crippen molar-refractivity contribution in [1.82, 2.24) is 9.29 Å². The summed E-state index contributed by atoms with van der Waals surface area (Å²) >= 11 is 0. The summed E-state index contributed by atoms with van der Waals surface area (Å²) in [5.74, 6) is 0.332. The predicted molar refractivity (Wildman–Crippen MR) is 70.2 cm³/mol. The summed E-state index contributed by atoms with van der Waals surface area (Å²) in [6.07, 6.45) is 4.27. The van der Waals surface area contributed by atoms with E-state index in [9.17, 15) is 8.42 Å². The highest BCUT2D eigenvalue weighted by atomic mass is 32.2. The molecule has 0 amide bonds. The van der Waals surface area contributed by atoms with Crippen LogP contribution in [0.15, 0.2) is 24.4 Å². The molecule has 1 aliphatic rings. The van der Waals surface area contributed by atoms with Gasteiger partial charge in [0.05, 0.1) is 0 Å². The second-order valence-corrected chi connectivity index (χ2v) is 5.94. The van der Waals surface area contributed by atoms with E-state index in [0.29, 0.717) is 18.9 Å². The number of nitrogens with zero attached hydrogens (tertiary/aromatic N) is 2. The molecule has 0 aliphatic carbocycles. The summed E-state index contributed by atoms with van der Waals surface area (Å²) in [5, 5.41) is 0. The van der Waals surface area contributed by atoms with Crippen molar-refractivity contribution in [3.05, 3.63) is 24.4 Å². The van der Waals surface area contributed by atoms with Crippen LogP contribution in [0.4, 0.5) is 5.82 Å². The van der Waals surface area contributed by atoms with Crippen LogP contribution in [0.3, 0.4) is 0 Å². The van der Waals surface area contributed by atoms with Gasteiger partial charge in [-0.05, 0) is 25.0 Å². The molecule has 3 N–H and O–H groups in total. The Labute approximate surface area is 107 Å². The maximum atomic E-state index is 12.2. The van der Waals surface area contributed by atoms with Gasteiger partial charge in [0.15, 0.2) is 0 Å². The van der Waals surface area contributed by atoms with Gasteiger partial charge in [-0.1, -0.05) is 12.5 Å². The van der Waals surface area contributed by atoms with Crippen molar-refractivity contribution in [2.45, 2.75) is 25.3 Å². The standard InChI is InChI=1S/C11H18N4O2S/c12-9-10-5-2-4-8-15(10)18(16,17)14-11-6-1-3-7-13-11/h1,3,6-7,10H,2,4-5,8-9,12H2,(H,13,14). The molecule has 0 radical (unpaired) electrons. The zero-order valence-electron chi connectivity index (χ0n) is 10.1. The molecule has 7 heteroatoms. The van der Waals surface area contributed by atoms with Gasteiger partial charge in [-0.25, -0.2) is 4.98 Å². The highest BCUT2D eigenvalue weighted by Gasteiger charge is 2.31. The Hall–Kier alpha value is -1.18. The molecular weight excluding hydrogens is 252 g/mol. The highest BCUT2D eigenvalue weighted by Crippen LogP contribution is 2.20. The van der Waals surface area contributed by atoms with Gasteiger partial charge in [0.1, 0.15) is 5.82 Å². The van der Waals surface area contributed by atoms with Crippen molar-refractivity contribution >= 4 is 16.0 Å². The number of pyridine rings is 1. The molecule has 1 aliphatic heterocycles. The third-order valence-electron chi connectivity index (χ3n) is 3.05. The van der Waals surface area contributed by atoms with Crippen LogP contribution >= 0.6 is 0 Å². The summed E-state index contributed by atoms with van der Waals surface area (Å²) in [5.41, 5.74) is 5.63. The van der Waals surface area contributed by atoms with Crippen molar-refractivity contribution in [1.29, 1.82) is 0 Å². The smallest absolute Gasteiger partial charge is 0.303 e. The number of hydrogen-bond acceptors (Lipinski definition) is 4. The number of piperidine rings is 1. The lowest BCUT2D eigenvalue weighted by Gasteiger charge is -2.33. The van der Waals surface area contributed by atoms with E-state index in [1.807, 2.05) is 0 Å². The van der Waals surface area contributed by atoms with Crippen molar-refractivity contribution in [2.24, 2.45) is 5.73 Å². The summed E-state index contributed by atoms with van der Waals surface area (Å²) in [4.78, 5) is 3.96. The molecular formula is C11H18N4O2S. The van der Waals surface area contributed by atoms with Gasteiger partial charge in [-0.2, -0.15) is 12.7 Å². The number of nitrogens with two attached hydrogens (primary N) is 1. The number of hydrogen-bond donors (Lipinski definition) is 2. The van der Waals surface area contributed by atoms with E-state index >= 15 is 0 Å². The van der Waals surface area contributed by atoms with Crippen molar-refractivity contribution in [3.8, 4) is 0 Å².